The van der Waals surface area contributed by atoms with Crippen LogP contribution in [0.3, 0.4) is 0 Å². The molecule has 2 fully saturated rings. The minimum Gasteiger partial charge on any atom is -0.313 e. The van der Waals surface area contributed by atoms with Gasteiger partial charge in [0.2, 0.25) is 0 Å². The molecule has 16 heavy (non-hydrogen) atoms. The third-order valence-corrected chi connectivity index (χ3v) is 4.75. The zero-order valence-electron chi connectivity index (χ0n) is 11.0. The molecule has 0 aliphatic heterocycles. The van der Waals surface area contributed by atoms with Gasteiger partial charge in [-0.1, -0.05) is 45.4 Å². The fourth-order valence-corrected chi connectivity index (χ4v) is 3.51. The molecule has 0 aromatic rings. The summed E-state index contributed by atoms with van der Waals surface area (Å²) in [5.41, 5.74) is 0. The van der Waals surface area contributed by atoms with Gasteiger partial charge in [-0.2, -0.15) is 0 Å². The Labute approximate surface area is 101 Å². The van der Waals surface area contributed by atoms with Gasteiger partial charge in [-0.05, 0) is 44.1 Å². The lowest BCUT2D eigenvalue weighted by molar-refractivity contribution is 0.263. The summed E-state index contributed by atoms with van der Waals surface area (Å²) < 4.78 is 0. The molecular weight excluding hydrogens is 194 g/mol. The lowest BCUT2D eigenvalue weighted by Crippen LogP contribution is -2.39. The van der Waals surface area contributed by atoms with Crippen LogP contribution in [0.15, 0.2) is 0 Å². The van der Waals surface area contributed by atoms with Crippen LogP contribution >= 0.6 is 0 Å². The van der Waals surface area contributed by atoms with Crippen molar-refractivity contribution >= 4 is 0 Å². The Morgan fingerprint density at radius 1 is 0.812 bits per heavy atom. The van der Waals surface area contributed by atoms with E-state index in [2.05, 4.69) is 12.2 Å². The summed E-state index contributed by atoms with van der Waals surface area (Å²) in [5.74, 6) is 1.90. The standard InChI is InChI=1S/C15H29N/c1-13-8-6-7-11-15(13)16-12-14-9-4-2-3-5-10-14/h13-16H,2-12H2,1H3. The van der Waals surface area contributed by atoms with Crippen LogP contribution < -0.4 is 5.32 Å². The normalized spacial score (nSPS) is 33.6. The third-order valence-electron chi connectivity index (χ3n) is 4.75. The second kappa shape index (κ2) is 6.64. The first-order valence-electron chi connectivity index (χ1n) is 7.59. The molecule has 2 rings (SSSR count). The fraction of sp³-hybridized carbons (Fsp3) is 1.00. The van der Waals surface area contributed by atoms with Crippen LogP contribution in [-0.4, -0.2) is 12.6 Å². The van der Waals surface area contributed by atoms with Gasteiger partial charge in [0.05, 0.1) is 0 Å². The second-order valence-corrected chi connectivity index (χ2v) is 6.13. The molecule has 94 valence electrons. The van der Waals surface area contributed by atoms with E-state index in [1.165, 1.54) is 70.8 Å². The van der Waals surface area contributed by atoms with Gasteiger partial charge < -0.3 is 5.32 Å². The third kappa shape index (κ3) is 3.76. The Morgan fingerprint density at radius 2 is 1.44 bits per heavy atom. The largest absolute Gasteiger partial charge is 0.313 e. The summed E-state index contributed by atoms with van der Waals surface area (Å²) in [7, 11) is 0. The van der Waals surface area contributed by atoms with Crippen LogP contribution in [0.1, 0.15) is 71.1 Å². The number of rotatable bonds is 3. The molecule has 1 N–H and O–H groups in total. The van der Waals surface area contributed by atoms with Gasteiger partial charge in [-0.15, -0.1) is 0 Å². The maximum absolute atomic E-state index is 3.87. The highest BCUT2D eigenvalue weighted by molar-refractivity contribution is 4.79. The molecule has 0 radical (unpaired) electrons. The zero-order valence-corrected chi connectivity index (χ0v) is 11.0. The predicted molar refractivity (Wildman–Crippen MR) is 70.6 cm³/mol. The van der Waals surface area contributed by atoms with E-state index in [-0.39, 0.29) is 0 Å². The Balaban J connectivity index is 1.68. The number of hydrogen-bond donors (Lipinski definition) is 1. The highest BCUT2D eigenvalue weighted by Crippen LogP contribution is 2.26. The molecule has 2 unspecified atom stereocenters. The summed E-state index contributed by atoms with van der Waals surface area (Å²) >= 11 is 0. The summed E-state index contributed by atoms with van der Waals surface area (Å²) in [4.78, 5) is 0. The van der Waals surface area contributed by atoms with Gasteiger partial charge in [0, 0.05) is 6.04 Å². The summed E-state index contributed by atoms with van der Waals surface area (Å²) in [6, 6.07) is 0.831. The average Bonchev–Trinajstić information content (AvgIpc) is 2.56. The van der Waals surface area contributed by atoms with E-state index >= 15 is 0 Å². The van der Waals surface area contributed by atoms with E-state index in [9.17, 15) is 0 Å². The van der Waals surface area contributed by atoms with Gasteiger partial charge in [-0.25, -0.2) is 0 Å². The van der Waals surface area contributed by atoms with Crippen LogP contribution in [0.25, 0.3) is 0 Å². The van der Waals surface area contributed by atoms with E-state index < -0.39 is 0 Å². The maximum Gasteiger partial charge on any atom is 0.00928 e. The molecule has 0 spiro atoms. The van der Waals surface area contributed by atoms with Crippen LogP contribution in [0.5, 0.6) is 0 Å². The molecule has 2 saturated carbocycles. The highest BCUT2D eigenvalue weighted by Gasteiger charge is 2.21. The van der Waals surface area contributed by atoms with E-state index in [0.717, 1.165) is 17.9 Å². The first-order valence-corrected chi connectivity index (χ1v) is 7.59. The molecule has 2 aliphatic carbocycles. The predicted octanol–water partition coefficient (Wildman–Crippen LogP) is 4.13. The monoisotopic (exact) mass is 223 g/mol. The molecule has 2 aliphatic rings. The lowest BCUT2D eigenvalue weighted by atomic mass is 9.85. The lowest BCUT2D eigenvalue weighted by Gasteiger charge is -2.31. The Bertz CT molecular complexity index is 182. The smallest absolute Gasteiger partial charge is 0.00928 e. The van der Waals surface area contributed by atoms with E-state index in [0.29, 0.717) is 0 Å². The van der Waals surface area contributed by atoms with Crippen molar-refractivity contribution < 1.29 is 0 Å². The second-order valence-electron chi connectivity index (χ2n) is 6.13. The minimum atomic E-state index is 0.831. The van der Waals surface area contributed by atoms with Gasteiger partial charge in [0.25, 0.3) is 0 Å². The Hall–Kier alpha value is -0.0400. The molecule has 1 heteroatoms. The summed E-state index contributed by atoms with van der Waals surface area (Å²) in [5, 5.41) is 3.87. The molecule has 0 saturated heterocycles. The van der Waals surface area contributed by atoms with Crippen molar-refractivity contribution in [2.45, 2.75) is 77.2 Å². The maximum atomic E-state index is 3.87. The van der Waals surface area contributed by atoms with Crippen molar-refractivity contribution in [2.24, 2.45) is 11.8 Å². The van der Waals surface area contributed by atoms with Crippen LogP contribution in [0, 0.1) is 11.8 Å². The van der Waals surface area contributed by atoms with Gasteiger partial charge in [-0.3, -0.25) is 0 Å². The molecule has 0 bridgehead atoms. The molecule has 0 heterocycles. The number of nitrogens with one attached hydrogen (secondary N) is 1. The van der Waals surface area contributed by atoms with Crippen molar-refractivity contribution in [2.75, 3.05) is 6.54 Å². The van der Waals surface area contributed by atoms with Crippen LogP contribution in [-0.2, 0) is 0 Å². The summed E-state index contributed by atoms with van der Waals surface area (Å²) in [6.07, 6.45) is 14.7. The first kappa shape index (κ1) is 12.4. The molecule has 0 aromatic heterocycles. The quantitative estimate of drug-likeness (QED) is 0.710. The zero-order chi connectivity index (χ0) is 11.2. The van der Waals surface area contributed by atoms with E-state index in [1.54, 1.807) is 0 Å². The first-order chi connectivity index (χ1) is 7.86. The van der Waals surface area contributed by atoms with Crippen molar-refractivity contribution in [3.63, 3.8) is 0 Å². The van der Waals surface area contributed by atoms with E-state index in [4.69, 9.17) is 0 Å². The average molecular weight is 223 g/mol. The van der Waals surface area contributed by atoms with Crippen molar-refractivity contribution in [1.82, 2.24) is 5.32 Å². The van der Waals surface area contributed by atoms with Gasteiger partial charge in [0.15, 0.2) is 0 Å². The van der Waals surface area contributed by atoms with Crippen molar-refractivity contribution in [3.05, 3.63) is 0 Å². The summed E-state index contributed by atoms with van der Waals surface area (Å²) in [6.45, 7) is 3.74. The Kier molecular flexibility index (Phi) is 5.15. The Morgan fingerprint density at radius 3 is 2.12 bits per heavy atom. The fourth-order valence-electron chi connectivity index (χ4n) is 3.51. The van der Waals surface area contributed by atoms with Gasteiger partial charge >= 0.3 is 0 Å². The van der Waals surface area contributed by atoms with Gasteiger partial charge in [0.1, 0.15) is 0 Å². The molecule has 0 aromatic carbocycles. The molecule has 0 amide bonds. The van der Waals surface area contributed by atoms with Crippen LogP contribution in [0.2, 0.25) is 0 Å². The number of hydrogen-bond acceptors (Lipinski definition) is 1. The van der Waals surface area contributed by atoms with Crippen molar-refractivity contribution in [1.29, 1.82) is 0 Å². The van der Waals surface area contributed by atoms with Crippen LogP contribution in [0.4, 0.5) is 0 Å². The minimum absolute atomic E-state index is 0.831. The SMILES string of the molecule is CC1CCCCC1NCC1CCCCCC1. The molecule has 1 nitrogen and oxygen atoms in total. The molecular formula is C15H29N. The molecule has 2 atom stereocenters. The topological polar surface area (TPSA) is 12.0 Å². The van der Waals surface area contributed by atoms with E-state index in [1.807, 2.05) is 0 Å². The highest BCUT2D eigenvalue weighted by atomic mass is 14.9. The van der Waals surface area contributed by atoms with Crippen molar-refractivity contribution in [3.8, 4) is 0 Å².